The minimum atomic E-state index is -0.508. The van der Waals surface area contributed by atoms with E-state index >= 15 is 0 Å². The lowest BCUT2D eigenvalue weighted by atomic mass is 10.0. The van der Waals surface area contributed by atoms with Gasteiger partial charge in [-0.1, -0.05) is 6.07 Å². The van der Waals surface area contributed by atoms with Gasteiger partial charge in [0.25, 0.3) is 11.8 Å². The summed E-state index contributed by atoms with van der Waals surface area (Å²) in [6.07, 6.45) is 0.589. The maximum absolute atomic E-state index is 12.9. The van der Waals surface area contributed by atoms with Gasteiger partial charge in [-0.15, -0.1) is 0 Å². The van der Waals surface area contributed by atoms with E-state index in [1.54, 1.807) is 24.3 Å². The van der Waals surface area contributed by atoms with Crippen LogP contribution in [0.25, 0.3) is 11.3 Å². The largest absolute Gasteiger partial charge is 0.465 e. The number of ether oxygens (including phenoxy) is 1. The first kappa shape index (κ1) is 17.4. The zero-order valence-corrected chi connectivity index (χ0v) is 14.7. The molecule has 28 heavy (non-hydrogen) atoms. The third kappa shape index (κ3) is 2.69. The highest BCUT2D eigenvalue weighted by Crippen LogP contribution is 2.32. The van der Waals surface area contributed by atoms with Crippen LogP contribution in [0.2, 0.25) is 0 Å². The molecular weight excluding hydrogens is 362 g/mol. The molecule has 1 aromatic heterocycles. The third-order valence-electron chi connectivity index (χ3n) is 4.46. The number of carbonyl (C=O) groups excluding carboxylic acids is 4. The number of anilines is 1. The van der Waals surface area contributed by atoms with Gasteiger partial charge in [-0.25, -0.2) is 9.69 Å². The van der Waals surface area contributed by atoms with Crippen molar-refractivity contribution in [1.82, 2.24) is 0 Å². The molecule has 2 aromatic carbocycles. The number of furan rings is 1. The Morgan fingerprint density at radius 1 is 0.964 bits per heavy atom. The topological polar surface area (TPSA) is 93.9 Å². The fourth-order valence-corrected chi connectivity index (χ4v) is 3.06. The smallest absolute Gasteiger partial charge is 0.337 e. The molecule has 1 aliphatic rings. The van der Waals surface area contributed by atoms with E-state index in [1.165, 1.54) is 37.4 Å². The van der Waals surface area contributed by atoms with E-state index in [9.17, 15) is 19.2 Å². The number of carbonyl (C=O) groups is 4. The van der Waals surface area contributed by atoms with E-state index in [4.69, 9.17) is 4.42 Å². The lowest BCUT2D eigenvalue weighted by Gasteiger charge is -2.14. The fraction of sp³-hybridized carbons (Fsp3) is 0.0476. The van der Waals surface area contributed by atoms with Gasteiger partial charge >= 0.3 is 5.97 Å². The molecule has 0 spiro atoms. The fourth-order valence-electron chi connectivity index (χ4n) is 3.06. The molecular formula is C21H13NO6. The Balaban J connectivity index is 1.69. The second-order valence-electron chi connectivity index (χ2n) is 6.06. The summed E-state index contributed by atoms with van der Waals surface area (Å²) in [6, 6.07) is 13.9. The summed E-state index contributed by atoms with van der Waals surface area (Å²) in [5.74, 6) is -0.844. The normalized spacial score (nSPS) is 12.8. The second kappa shape index (κ2) is 6.62. The number of esters is 1. The lowest BCUT2D eigenvalue weighted by molar-refractivity contribution is 0.0600. The van der Waals surface area contributed by atoms with E-state index in [2.05, 4.69) is 4.74 Å². The number of fused-ring (bicyclic) bond motifs is 1. The summed E-state index contributed by atoms with van der Waals surface area (Å²) in [4.78, 5) is 49.0. The molecule has 7 nitrogen and oxygen atoms in total. The molecule has 138 valence electrons. The van der Waals surface area contributed by atoms with Crippen molar-refractivity contribution < 1.29 is 28.3 Å². The highest BCUT2D eigenvalue weighted by Gasteiger charge is 2.37. The zero-order valence-electron chi connectivity index (χ0n) is 14.7. The van der Waals surface area contributed by atoms with Gasteiger partial charge < -0.3 is 9.15 Å². The van der Waals surface area contributed by atoms with Crippen molar-refractivity contribution in [1.29, 1.82) is 0 Å². The molecule has 0 saturated heterocycles. The standard InChI is InChI=1S/C21H13NO6/c1-27-21(26)12-2-5-14(6-3-12)22-19(24)16-8-4-13(10-17(16)20(22)25)18-9-7-15(11-23)28-18/h2-11H,1H3. The van der Waals surface area contributed by atoms with Crippen LogP contribution in [-0.2, 0) is 4.74 Å². The Kier molecular flexibility index (Phi) is 4.12. The Hall–Kier alpha value is -4.00. The lowest BCUT2D eigenvalue weighted by Crippen LogP contribution is -2.29. The highest BCUT2D eigenvalue weighted by molar-refractivity contribution is 6.34. The Bertz CT molecular complexity index is 1130. The molecule has 0 N–H and O–H groups in total. The highest BCUT2D eigenvalue weighted by atomic mass is 16.5. The number of methoxy groups -OCH3 is 1. The molecule has 2 heterocycles. The summed E-state index contributed by atoms with van der Waals surface area (Å²) in [7, 11) is 1.27. The molecule has 0 radical (unpaired) electrons. The molecule has 4 rings (SSSR count). The monoisotopic (exact) mass is 375 g/mol. The number of aldehydes is 1. The van der Waals surface area contributed by atoms with Crippen LogP contribution < -0.4 is 4.90 Å². The molecule has 0 fully saturated rings. The van der Waals surface area contributed by atoms with Crippen LogP contribution in [0.5, 0.6) is 0 Å². The number of amides is 2. The van der Waals surface area contributed by atoms with Gasteiger partial charge in [0.2, 0.25) is 0 Å². The molecule has 7 heteroatoms. The molecule has 0 unspecified atom stereocenters. The molecule has 0 aliphatic carbocycles. The van der Waals surface area contributed by atoms with Crippen molar-refractivity contribution in [2.24, 2.45) is 0 Å². The Morgan fingerprint density at radius 3 is 2.32 bits per heavy atom. The van der Waals surface area contributed by atoms with E-state index < -0.39 is 17.8 Å². The SMILES string of the molecule is COC(=O)c1ccc(N2C(=O)c3ccc(-c4ccc(C=O)o4)cc3C2=O)cc1. The average Bonchev–Trinajstić information content (AvgIpc) is 3.31. The minimum absolute atomic E-state index is 0.172. The first-order valence-electron chi connectivity index (χ1n) is 8.30. The molecule has 0 bridgehead atoms. The second-order valence-corrected chi connectivity index (χ2v) is 6.06. The van der Waals surface area contributed by atoms with Crippen LogP contribution in [-0.4, -0.2) is 31.2 Å². The van der Waals surface area contributed by atoms with Crippen molar-refractivity contribution >= 4 is 29.8 Å². The van der Waals surface area contributed by atoms with Gasteiger partial charge in [-0.05, 0) is 48.5 Å². The summed E-state index contributed by atoms with van der Waals surface area (Å²) in [5, 5.41) is 0. The Morgan fingerprint density at radius 2 is 1.68 bits per heavy atom. The van der Waals surface area contributed by atoms with Crippen molar-refractivity contribution in [3.63, 3.8) is 0 Å². The van der Waals surface area contributed by atoms with E-state index in [0.29, 0.717) is 28.9 Å². The summed E-state index contributed by atoms with van der Waals surface area (Å²) in [6.45, 7) is 0. The number of hydrogen-bond donors (Lipinski definition) is 0. The molecule has 2 amide bonds. The summed E-state index contributed by atoms with van der Waals surface area (Å²) >= 11 is 0. The van der Waals surface area contributed by atoms with Gasteiger partial charge in [0.05, 0.1) is 29.5 Å². The number of rotatable bonds is 4. The average molecular weight is 375 g/mol. The van der Waals surface area contributed by atoms with Crippen LogP contribution in [0.4, 0.5) is 5.69 Å². The molecule has 1 aliphatic heterocycles. The van der Waals surface area contributed by atoms with E-state index in [0.717, 1.165) is 4.90 Å². The molecule has 0 saturated carbocycles. The summed E-state index contributed by atoms with van der Waals surface area (Å²) in [5.41, 5.74) is 1.75. The van der Waals surface area contributed by atoms with Crippen molar-refractivity contribution in [3.05, 3.63) is 77.0 Å². The Labute approximate surface area is 159 Å². The third-order valence-corrected chi connectivity index (χ3v) is 4.46. The number of nitrogens with zero attached hydrogens (tertiary/aromatic N) is 1. The van der Waals surface area contributed by atoms with E-state index in [-0.39, 0.29) is 16.9 Å². The van der Waals surface area contributed by atoms with Crippen LogP contribution in [0, 0.1) is 0 Å². The van der Waals surface area contributed by atoms with Crippen LogP contribution >= 0.6 is 0 Å². The summed E-state index contributed by atoms with van der Waals surface area (Å²) < 4.78 is 10.0. The zero-order chi connectivity index (χ0) is 19.8. The van der Waals surface area contributed by atoms with Crippen molar-refractivity contribution in [3.8, 4) is 11.3 Å². The van der Waals surface area contributed by atoms with Gasteiger partial charge in [0.15, 0.2) is 12.0 Å². The van der Waals surface area contributed by atoms with Gasteiger partial charge in [0.1, 0.15) is 5.76 Å². The number of imide groups is 1. The maximum atomic E-state index is 12.9. The number of hydrogen-bond acceptors (Lipinski definition) is 6. The minimum Gasteiger partial charge on any atom is -0.465 e. The van der Waals surface area contributed by atoms with Crippen LogP contribution in [0.15, 0.2) is 59.0 Å². The van der Waals surface area contributed by atoms with Crippen LogP contribution in [0.3, 0.4) is 0 Å². The number of benzene rings is 2. The first-order chi connectivity index (χ1) is 13.5. The van der Waals surface area contributed by atoms with Crippen molar-refractivity contribution in [2.45, 2.75) is 0 Å². The first-order valence-corrected chi connectivity index (χ1v) is 8.30. The van der Waals surface area contributed by atoms with Gasteiger partial charge in [-0.2, -0.15) is 0 Å². The predicted octanol–water partition coefficient (Wildman–Crippen LogP) is 3.35. The van der Waals surface area contributed by atoms with E-state index in [1.807, 2.05) is 0 Å². The molecule has 3 aromatic rings. The van der Waals surface area contributed by atoms with Crippen molar-refractivity contribution in [2.75, 3.05) is 12.0 Å². The maximum Gasteiger partial charge on any atom is 0.337 e. The quantitative estimate of drug-likeness (QED) is 0.394. The predicted molar refractivity (Wildman–Crippen MR) is 98.5 cm³/mol. The van der Waals surface area contributed by atoms with Gasteiger partial charge in [0, 0.05) is 5.56 Å². The van der Waals surface area contributed by atoms with Crippen LogP contribution in [0.1, 0.15) is 41.6 Å². The van der Waals surface area contributed by atoms with Gasteiger partial charge in [-0.3, -0.25) is 14.4 Å². The molecule has 0 atom stereocenters.